The summed E-state index contributed by atoms with van der Waals surface area (Å²) in [5.74, 6) is 0.407. The largest absolute Gasteiger partial charge is 0.489 e. The number of halogens is 1. The van der Waals surface area contributed by atoms with Crippen LogP contribution in [-0.2, 0) is 18.3 Å². The van der Waals surface area contributed by atoms with Gasteiger partial charge in [0.05, 0.1) is 22.9 Å². The van der Waals surface area contributed by atoms with E-state index in [1.165, 1.54) is 0 Å². The lowest BCUT2D eigenvalue weighted by atomic mass is 9.86. The number of aryl methyl sites for hydroxylation is 1. The number of rotatable bonds is 12. The predicted molar refractivity (Wildman–Crippen MR) is 140 cm³/mol. The van der Waals surface area contributed by atoms with Crippen LogP contribution in [0.1, 0.15) is 66.5 Å². The van der Waals surface area contributed by atoms with Gasteiger partial charge in [-0.15, -0.1) is 0 Å². The molecule has 0 aliphatic heterocycles. The molecular formula is C27H33ClN4O4. The van der Waals surface area contributed by atoms with E-state index in [0.29, 0.717) is 41.2 Å². The van der Waals surface area contributed by atoms with Crippen LogP contribution in [0.25, 0.3) is 11.3 Å². The number of aromatic nitrogens is 2. The van der Waals surface area contributed by atoms with E-state index in [4.69, 9.17) is 22.1 Å². The summed E-state index contributed by atoms with van der Waals surface area (Å²) in [5, 5.41) is 12.8. The Morgan fingerprint density at radius 2 is 1.92 bits per heavy atom. The highest BCUT2D eigenvalue weighted by atomic mass is 35.5. The molecule has 0 saturated heterocycles. The van der Waals surface area contributed by atoms with E-state index in [1.807, 2.05) is 62.8 Å². The smallest absolute Gasteiger partial charge is 0.249 e. The first-order chi connectivity index (χ1) is 17.2. The molecule has 1 aromatic heterocycles. The zero-order valence-corrected chi connectivity index (χ0v) is 21.7. The van der Waals surface area contributed by atoms with Gasteiger partial charge in [0.2, 0.25) is 12.3 Å². The van der Waals surface area contributed by atoms with Crippen LogP contribution in [0.4, 0.5) is 0 Å². The third-order valence-electron chi connectivity index (χ3n) is 6.01. The molecule has 192 valence electrons. The van der Waals surface area contributed by atoms with Crippen molar-refractivity contribution < 1.29 is 19.4 Å². The molecule has 0 aliphatic carbocycles. The van der Waals surface area contributed by atoms with Crippen LogP contribution in [0.2, 0.25) is 5.02 Å². The molecule has 2 aromatic carbocycles. The molecule has 0 aliphatic rings. The second-order valence-corrected chi connectivity index (χ2v) is 9.46. The summed E-state index contributed by atoms with van der Waals surface area (Å²) in [6.07, 6.45) is 3.43. The summed E-state index contributed by atoms with van der Waals surface area (Å²) in [6.45, 7) is 5.59. The van der Waals surface area contributed by atoms with Gasteiger partial charge in [-0.05, 0) is 62.8 Å². The van der Waals surface area contributed by atoms with E-state index in [9.17, 15) is 14.7 Å². The quantitative estimate of drug-likeness (QED) is 0.315. The Morgan fingerprint density at radius 3 is 2.50 bits per heavy atom. The Hall–Kier alpha value is -3.36. The number of amides is 2. The average molecular weight is 513 g/mol. The number of aliphatic hydroxyl groups is 1. The van der Waals surface area contributed by atoms with Crippen LogP contribution in [0.3, 0.4) is 0 Å². The molecule has 2 amide bonds. The predicted octanol–water partition coefficient (Wildman–Crippen LogP) is 4.14. The van der Waals surface area contributed by atoms with Gasteiger partial charge in [0, 0.05) is 31.0 Å². The number of imidazole rings is 1. The first kappa shape index (κ1) is 27.2. The van der Waals surface area contributed by atoms with E-state index in [2.05, 4.69) is 10.3 Å². The molecule has 0 bridgehead atoms. The van der Waals surface area contributed by atoms with Crippen molar-refractivity contribution in [3.8, 4) is 17.0 Å². The van der Waals surface area contributed by atoms with Crippen LogP contribution < -0.4 is 15.8 Å². The minimum atomic E-state index is -0.578. The second-order valence-electron chi connectivity index (χ2n) is 9.08. The molecule has 1 heterocycles. The van der Waals surface area contributed by atoms with E-state index in [-0.39, 0.29) is 24.7 Å². The van der Waals surface area contributed by atoms with E-state index in [1.54, 1.807) is 12.1 Å². The molecule has 2 atom stereocenters. The van der Waals surface area contributed by atoms with Crippen LogP contribution >= 0.6 is 11.6 Å². The molecule has 3 aromatic rings. The topological polar surface area (TPSA) is 119 Å². The highest BCUT2D eigenvalue weighted by Gasteiger charge is 2.25. The summed E-state index contributed by atoms with van der Waals surface area (Å²) >= 11 is 6.72. The Labute approximate surface area is 216 Å². The lowest BCUT2D eigenvalue weighted by molar-refractivity contribution is -0.110. The average Bonchev–Trinajstić information content (AvgIpc) is 3.22. The van der Waals surface area contributed by atoms with Gasteiger partial charge in [-0.2, -0.15) is 0 Å². The van der Waals surface area contributed by atoms with Gasteiger partial charge >= 0.3 is 0 Å². The Morgan fingerprint density at radius 1 is 1.22 bits per heavy atom. The fourth-order valence-corrected chi connectivity index (χ4v) is 4.69. The van der Waals surface area contributed by atoms with Gasteiger partial charge < -0.3 is 25.5 Å². The zero-order valence-electron chi connectivity index (χ0n) is 21.0. The van der Waals surface area contributed by atoms with Crippen LogP contribution in [0.15, 0.2) is 42.6 Å². The van der Waals surface area contributed by atoms with Gasteiger partial charge in [0.25, 0.3) is 0 Å². The van der Waals surface area contributed by atoms with Gasteiger partial charge in [0.15, 0.2) is 0 Å². The van der Waals surface area contributed by atoms with Crippen LogP contribution in [0.5, 0.6) is 5.75 Å². The highest BCUT2D eigenvalue weighted by Crippen LogP contribution is 2.39. The lowest BCUT2D eigenvalue weighted by Crippen LogP contribution is -2.19. The van der Waals surface area contributed by atoms with Crippen molar-refractivity contribution in [1.82, 2.24) is 14.9 Å². The molecule has 4 N–H and O–H groups in total. The van der Waals surface area contributed by atoms with E-state index in [0.717, 1.165) is 22.6 Å². The van der Waals surface area contributed by atoms with Gasteiger partial charge in [-0.25, -0.2) is 4.98 Å². The summed E-state index contributed by atoms with van der Waals surface area (Å²) < 4.78 is 7.72. The maximum absolute atomic E-state index is 12.2. The lowest BCUT2D eigenvalue weighted by Gasteiger charge is -2.23. The number of ether oxygens (including phenoxy) is 1. The number of nitrogens with zero attached hydrogens (tertiary/aromatic N) is 2. The number of hydrogen-bond donors (Lipinski definition) is 3. The maximum Gasteiger partial charge on any atom is 0.249 e. The Bertz CT molecular complexity index is 1210. The summed E-state index contributed by atoms with van der Waals surface area (Å²) in [7, 11) is 1.89. The van der Waals surface area contributed by atoms with E-state index < -0.39 is 5.91 Å². The minimum absolute atomic E-state index is 0.0731. The fraction of sp³-hybridized carbons (Fsp3) is 0.370. The summed E-state index contributed by atoms with van der Waals surface area (Å²) in [6, 6.07) is 11.0. The second kappa shape index (κ2) is 12.1. The number of benzene rings is 2. The SMILES string of the molecule is CC(C)Oc1ccc(C(N)=O)c(C(CCO)Cc2ccc(-c3cn(C)c(C(C)NC=O)n3)cc2)c1Cl. The molecule has 9 heteroatoms. The summed E-state index contributed by atoms with van der Waals surface area (Å²) in [5.41, 5.74) is 9.31. The van der Waals surface area contributed by atoms with Crippen molar-refractivity contribution in [3.63, 3.8) is 0 Å². The Kier molecular flexibility index (Phi) is 9.12. The van der Waals surface area contributed by atoms with Crippen molar-refractivity contribution in [3.05, 3.63) is 70.1 Å². The van der Waals surface area contributed by atoms with Crippen molar-refractivity contribution in [2.24, 2.45) is 12.8 Å². The maximum atomic E-state index is 12.2. The number of aliphatic hydroxyl groups excluding tert-OH is 1. The minimum Gasteiger partial charge on any atom is -0.489 e. The Balaban J connectivity index is 1.91. The monoisotopic (exact) mass is 512 g/mol. The number of carbonyl (C=O) groups is 2. The number of hydrogen-bond acceptors (Lipinski definition) is 5. The van der Waals surface area contributed by atoms with Gasteiger partial charge in [0.1, 0.15) is 11.6 Å². The van der Waals surface area contributed by atoms with Crippen molar-refractivity contribution in [2.45, 2.75) is 51.7 Å². The summed E-state index contributed by atoms with van der Waals surface area (Å²) in [4.78, 5) is 27.7. The molecule has 2 unspecified atom stereocenters. The first-order valence-corrected chi connectivity index (χ1v) is 12.3. The highest BCUT2D eigenvalue weighted by molar-refractivity contribution is 6.33. The molecule has 8 nitrogen and oxygen atoms in total. The van der Waals surface area contributed by atoms with E-state index >= 15 is 0 Å². The first-order valence-electron chi connectivity index (χ1n) is 11.9. The van der Waals surface area contributed by atoms with Crippen LogP contribution in [0, 0.1) is 0 Å². The number of nitrogens with two attached hydrogens (primary N) is 1. The number of carbonyl (C=O) groups excluding carboxylic acids is 2. The molecule has 0 fully saturated rings. The van der Waals surface area contributed by atoms with Gasteiger partial charge in [-0.3, -0.25) is 9.59 Å². The van der Waals surface area contributed by atoms with Crippen molar-refractivity contribution in [1.29, 1.82) is 0 Å². The number of primary amides is 1. The van der Waals surface area contributed by atoms with Crippen molar-refractivity contribution >= 4 is 23.9 Å². The number of nitrogens with one attached hydrogen (secondary N) is 1. The standard InChI is InChI=1S/C27H33ClN4O4/c1-16(2)36-23-10-9-21(26(29)35)24(25(23)28)20(11-12-33)13-18-5-7-19(8-6-18)22-14-32(4)27(31-22)17(3)30-15-34/h5-10,14-17,20,33H,11-13H2,1-4H3,(H2,29,35)(H,30,34). The van der Waals surface area contributed by atoms with Gasteiger partial charge in [-0.1, -0.05) is 35.9 Å². The molecular weight excluding hydrogens is 480 g/mol. The molecule has 0 radical (unpaired) electrons. The third-order valence-corrected chi connectivity index (χ3v) is 6.40. The van der Waals surface area contributed by atoms with Crippen LogP contribution in [-0.4, -0.2) is 39.7 Å². The molecule has 0 spiro atoms. The third kappa shape index (κ3) is 6.25. The normalized spacial score (nSPS) is 12.9. The molecule has 0 saturated carbocycles. The molecule has 3 rings (SSSR count). The molecule has 36 heavy (non-hydrogen) atoms. The zero-order chi connectivity index (χ0) is 26.4. The van der Waals surface area contributed by atoms with Crippen molar-refractivity contribution in [2.75, 3.05) is 6.61 Å². The fourth-order valence-electron chi connectivity index (χ4n) is 4.33.